The number of carbonyl (C=O) groups excluding carboxylic acids is 1. The summed E-state index contributed by atoms with van der Waals surface area (Å²) in [7, 11) is 2.05. The summed E-state index contributed by atoms with van der Waals surface area (Å²) in [6, 6.07) is 5.53. The van der Waals surface area contributed by atoms with Crippen molar-refractivity contribution >= 4 is 12.0 Å². The average molecular weight is 425 g/mol. The first-order valence-electron chi connectivity index (χ1n) is 10.7. The molecule has 0 unspecified atom stereocenters. The minimum absolute atomic E-state index is 0.0583. The van der Waals surface area contributed by atoms with Crippen LogP contribution in [-0.2, 0) is 6.54 Å². The summed E-state index contributed by atoms with van der Waals surface area (Å²) in [5, 5.41) is 9.75. The van der Waals surface area contributed by atoms with E-state index in [2.05, 4.69) is 28.8 Å². The number of aliphatic hydroxyl groups excluding tert-OH is 1. The summed E-state index contributed by atoms with van der Waals surface area (Å²) in [5.74, 6) is 0.246. The van der Waals surface area contributed by atoms with Crippen LogP contribution in [0.5, 0.6) is 5.88 Å². The van der Waals surface area contributed by atoms with Gasteiger partial charge in [-0.2, -0.15) is 0 Å². The Bertz CT molecular complexity index is 903. The molecule has 1 aliphatic rings. The maximum atomic E-state index is 13.3. The highest BCUT2D eigenvalue weighted by Crippen LogP contribution is 2.27. The monoisotopic (exact) mass is 424 g/mol. The van der Waals surface area contributed by atoms with E-state index in [1.54, 1.807) is 23.5 Å². The molecule has 0 radical (unpaired) electrons. The zero-order valence-corrected chi connectivity index (χ0v) is 18.7. The van der Waals surface area contributed by atoms with E-state index in [4.69, 9.17) is 4.74 Å². The van der Waals surface area contributed by atoms with Crippen LogP contribution in [0.2, 0.25) is 0 Å². The number of hydrogen-bond donors (Lipinski definition) is 1. The molecule has 1 aliphatic heterocycles. The highest BCUT2D eigenvalue weighted by Gasteiger charge is 2.34. The lowest BCUT2D eigenvalue weighted by molar-refractivity contribution is 0.0325. The Balaban J connectivity index is 1.89. The molecule has 0 saturated heterocycles. The maximum Gasteiger partial charge on any atom is 0.259 e. The SMILES string of the molecule is C/C=C/c1cnc2c(c1)C(=O)N([C@@H](C)CO)C[C@@H](C)[C@H](CN(C)Cc1ccncc1)O2. The van der Waals surface area contributed by atoms with Gasteiger partial charge in [0.25, 0.3) is 5.91 Å². The normalized spacial score (nSPS) is 20.3. The average Bonchev–Trinajstić information content (AvgIpc) is 2.77. The van der Waals surface area contributed by atoms with Crippen molar-refractivity contribution < 1.29 is 14.6 Å². The van der Waals surface area contributed by atoms with Crippen LogP contribution in [0.3, 0.4) is 0 Å². The van der Waals surface area contributed by atoms with Crippen molar-refractivity contribution in [3.8, 4) is 5.88 Å². The van der Waals surface area contributed by atoms with Crippen LogP contribution >= 0.6 is 0 Å². The fourth-order valence-corrected chi connectivity index (χ4v) is 3.79. The van der Waals surface area contributed by atoms with Gasteiger partial charge in [-0.1, -0.05) is 19.1 Å². The number of aliphatic hydroxyl groups is 1. The molecule has 1 amide bonds. The number of carbonyl (C=O) groups is 1. The van der Waals surface area contributed by atoms with Gasteiger partial charge in [0.2, 0.25) is 5.88 Å². The summed E-state index contributed by atoms with van der Waals surface area (Å²) < 4.78 is 6.32. The van der Waals surface area contributed by atoms with Crippen LogP contribution < -0.4 is 4.74 Å². The minimum atomic E-state index is -0.290. The van der Waals surface area contributed by atoms with E-state index in [0.717, 1.165) is 12.1 Å². The van der Waals surface area contributed by atoms with Crippen LogP contribution in [0, 0.1) is 5.92 Å². The van der Waals surface area contributed by atoms with Gasteiger partial charge >= 0.3 is 0 Å². The molecule has 0 spiro atoms. The van der Waals surface area contributed by atoms with Gasteiger partial charge in [0.05, 0.1) is 12.6 Å². The number of allylic oxidation sites excluding steroid dienone is 1. The molecule has 7 nitrogen and oxygen atoms in total. The van der Waals surface area contributed by atoms with E-state index in [-0.39, 0.29) is 30.6 Å². The van der Waals surface area contributed by atoms with Gasteiger partial charge in [-0.25, -0.2) is 4.98 Å². The topological polar surface area (TPSA) is 78.8 Å². The number of amides is 1. The number of likely N-dealkylation sites (N-methyl/N-ethyl adjacent to an activating group) is 1. The Morgan fingerprint density at radius 3 is 2.81 bits per heavy atom. The smallest absolute Gasteiger partial charge is 0.259 e. The molecule has 7 heteroatoms. The van der Waals surface area contributed by atoms with Crippen molar-refractivity contribution in [2.45, 2.75) is 39.5 Å². The van der Waals surface area contributed by atoms with Crippen molar-refractivity contribution in [1.82, 2.24) is 19.8 Å². The molecule has 166 valence electrons. The first-order valence-corrected chi connectivity index (χ1v) is 10.7. The van der Waals surface area contributed by atoms with Gasteiger partial charge in [-0.05, 0) is 50.2 Å². The van der Waals surface area contributed by atoms with E-state index in [1.807, 2.05) is 44.2 Å². The van der Waals surface area contributed by atoms with Crippen LogP contribution in [0.1, 0.15) is 42.3 Å². The van der Waals surface area contributed by atoms with Crippen molar-refractivity contribution in [3.63, 3.8) is 0 Å². The van der Waals surface area contributed by atoms with Crippen LogP contribution in [-0.4, -0.2) is 69.7 Å². The number of pyridine rings is 2. The van der Waals surface area contributed by atoms with Crippen LogP contribution in [0.25, 0.3) is 6.08 Å². The standard InChI is InChI=1S/C24H32N4O3/c1-5-6-20-11-21-23(26-12-20)31-22(15-27(4)14-19-7-9-25-10-8-19)17(2)13-28(24(21)30)18(3)16-29/h5-12,17-18,22,29H,13-16H2,1-4H3/b6-5+/t17-,18+,22+/m1/s1. The quantitative estimate of drug-likeness (QED) is 0.736. The summed E-state index contributed by atoms with van der Waals surface area (Å²) in [5.41, 5.74) is 2.45. The third-order valence-electron chi connectivity index (χ3n) is 5.59. The third-order valence-corrected chi connectivity index (χ3v) is 5.59. The predicted octanol–water partition coefficient (Wildman–Crippen LogP) is 2.86. The first-order chi connectivity index (χ1) is 14.9. The largest absolute Gasteiger partial charge is 0.472 e. The Kier molecular flexibility index (Phi) is 7.76. The van der Waals surface area contributed by atoms with Crippen molar-refractivity contribution in [3.05, 3.63) is 59.6 Å². The second-order valence-corrected chi connectivity index (χ2v) is 8.30. The van der Waals surface area contributed by atoms with Crippen LogP contribution in [0.15, 0.2) is 42.9 Å². The Morgan fingerprint density at radius 2 is 2.13 bits per heavy atom. The van der Waals surface area contributed by atoms with E-state index >= 15 is 0 Å². The maximum absolute atomic E-state index is 13.3. The van der Waals surface area contributed by atoms with Crippen molar-refractivity contribution in [2.24, 2.45) is 5.92 Å². The second-order valence-electron chi connectivity index (χ2n) is 8.30. The zero-order valence-electron chi connectivity index (χ0n) is 18.7. The molecule has 0 bridgehead atoms. The fourth-order valence-electron chi connectivity index (χ4n) is 3.79. The Morgan fingerprint density at radius 1 is 1.39 bits per heavy atom. The van der Waals surface area contributed by atoms with Gasteiger partial charge in [-0.3, -0.25) is 14.7 Å². The fraction of sp³-hybridized carbons (Fsp3) is 0.458. The molecule has 3 heterocycles. The van der Waals surface area contributed by atoms with E-state index in [0.29, 0.717) is 24.5 Å². The predicted molar refractivity (Wildman–Crippen MR) is 121 cm³/mol. The molecule has 0 fully saturated rings. The molecule has 3 atom stereocenters. The number of fused-ring (bicyclic) bond motifs is 1. The Labute approximate surface area is 184 Å². The summed E-state index contributed by atoms with van der Waals surface area (Å²) in [4.78, 5) is 25.8. The molecule has 2 aromatic heterocycles. The minimum Gasteiger partial charge on any atom is -0.472 e. The molecule has 0 saturated carbocycles. The highest BCUT2D eigenvalue weighted by atomic mass is 16.5. The lowest BCUT2D eigenvalue weighted by atomic mass is 9.99. The molecule has 0 aromatic carbocycles. The molecular weight excluding hydrogens is 392 g/mol. The number of hydrogen-bond acceptors (Lipinski definition) is 6. The van der Waals surface area contributed by atoms with E-state index in [9.17, 15) is 9.90 Å². The van der Waals surface area contributed by atoms with E-state index in [1.165, 1.54) is 5.56 Å². The summed E-state index contributed by atoms with van der Waals surface area (Å²) in [6.07, 6.45) is 8.95. The molecule has 2 aromatic rings. The zero-order chi connectivity index (χ0) is 22.4. The van der Waals surface area contributed by atoms with Gasteiger partial charge in [0.15, 0.2) is 0 Å². The lowest BCUT2D eigenvalue weighted by Gasteiger charge is -2.37. The van der Waals surface area contributed by atoms with Gasteiger partial charge < -0.3 is 14.7 Å². The van der Waals surface area contributed by atoms with E-state index < -0.39 is 0 Å². The number of rotatable bonds is 7. The number of nitrogens with zero attached hydrogens (tertiary/aromatic N) is 4. The molecular formula is C24H32N4O3. The van der Waals surface area contributed by atoms with Crippen molar-refractivity contribution in [1.29, 1.82) is 0 Å². The number of aromatic nitrogens is 2. The van der Waals surface area contributed by atoms with Gasteiger partial charge in [0, 0.05) is 44.1 Å². The molecule has 3 rings (SSSR count). The Hall–Kier alpha value is -2.77. The molecule has 31 heavy (non-hydrogen) atoms. The summed E-state index contributed by atoms with van der Waals surface area (Å²) in [6.45, 7) is 7.72. The lowest BCUT2D eigenvalue weighted by Crippen LogP contribution is -2.49. The number of ether oxygens (including phenoxy) is 1. The second kappa shape index (κ2) is 10.5. The molecule has 1 N–H and O–H groups in total. The van der Waals surface area contributed by atoms with Gasteiger partial charge in [-0.15, -0.1) is 0 Å². The van der Waals surface area contributed by atoms with Gasteiger partial charge in [0.1, 0.15) is 11.7 Å². The van der Waals surface area contributed by atoms with Crippen LogP contribution in [0.4, 0.5) is 0 Å². The van der Waals surface area contributed by atoms with Crippen molar-refractivity contribution in [2.75, 3.05) is 26.7 Å². The molecule has 0 aliphatic carbocycles. The first kappa shape index (κ1) is 22.9. The highest BCUT2D eigenvalue weighted by molar-refractivity contribution is 5.97. The summed E-state index contributed by atoms with van der Waals surface area (Å²) >= 11 is 0. The third kappa shape index (κ3) is 5.68.